The maximum atomic E-state index is 12.9. The normalized spacial score (nSPS) is 17.8. The number of rotatable bonds is 4. The molecular formula is C18H18Cl2N2O5S. The maximum Gasteiger partial charge on any atom is 0.246 e. The number of halogens is 2. The lowest BCUT2D eigenvalue weighted by Crippen LogP contribution is -2.48. The molecule has 0 atom stereocenters. The number of piperazine rings is 1. The summed E-state index contributed by atoms with van der Waals surface area (Å²) in [6.45, 7) is 2.63. The molecule has 0 unspecified atom stereocenters. The van der Waals surface area contributed by atoms with Gasteiger partial charge in [0.05, 0.1) is 5.02 Å². The molecule has 1 fully saturated rings. The molecule has 0 bridgehead atoms. The molecule has 0 radical (unpaired) electrons. The average molecular weight is 445 g/mol. The molecule has 0 saturated carbocycles. The van der Waals surface area contributed by atoms with E-state index in [0.29, 0.717) is 32.7 Å². The molecule has 0 spiro atoms. The van der Waals surface area contributed by atoms with Gasteiger partial charge in [0.1, 0.15) is 4.90 Å². The molecule has 28 heavy (non-hydrogen) atoms. The minimum absolute atomic E-state index is 0.0903. The van der Waals surface area contributed by atoms with Gasteiger partial charge in [-0.15, -0.1) is 0 Å². The molecule has 0 aromatic heterocycles. The predicted molar refractivity (Wildman–Crippen MR) is 105 cm³/mol. The summed E-state index contributed by atoms with van der Waals surface area (Å²) >= 11 is 11.8. The molecule has 2 aromatic rings. The van der Waals surface area contributed by atoms with Crippen molar-refractivity contribution in [2.24, 2.45) is 0 Å². The fraction of sp³-hybridized carbons (Fsp3) is 0.333. The van der Waals surface area contributed by atoms with Crippen LogP contribution in [-0.4, -0.2) is 55.7 Å². The minimum Gasteiger partial charge on any atom is -0.505 e. The van der Waals surface area contributed by atoms with Crippen LogP contribution in [0.4, 0.5) is 0 Å². The van der Waals surface area contributed by atoms with Crippen molar-refractivity contribution in [1.82, 2.24) is 9.21 Å². The first-order valence-electron chi connectivity index (χ1n) is 8.63. The number of aromatic hydroxyl groups is 1. The second-order valence-electron chi connectivity index (χ2n) is 6.60. The standard InChI is InChI=1S/C18H18Cl2N2O5S/c19-13-8-14(20)18(23)17(9-13)28(24,25)22-5-3-21(4-6-22)10-12-1-2-15-16(7-12)27-11-26-15/h1-2,7-9,23H,3-6,10-11H2. The van der Waals surface area contributed by atoms with E-state index in [-0.39, 0.29) is 21.7 Å². The Kier molecular flexibility index (Phi) is 5.32. The molecule has 2 aliphatic rings. The number of benzene rings is 2. The Morgan fingerprint density at radius 2 is 1.71 bits per heavy atom. The van der Waals surface area contributed by atoms with E-state index in [9.17, 15) is 13.5 Å². The Balaban J connectivity index is 1.44. The van der Waals surface area contributed by atoms with Gasteiger partial charge in [0.25, 0.3) is 0 Å². The highest BCUT2D eigenvalue weighted by molar-refractivity contribution is 7.89. The number of ether oxygens (including phenoxy) is 2. The van der Waals surface area contributed by atoms with Crippen LogP contribution in [0.1, 0.15) is 5.56 Å². The first-order chi connectivity index (χ1) is 13.3. The van der Waals surface area contributed by atoms with E-state index in [0.717, 1.165) is 17.1 Å². The Labute approximate surface area is 173 Å². The van der Waals surface area contributed by atoms with Gasteiger partial charge in [-0.1, -0.05) is 29.3 Å². The van der Waals surface area contributed by atoms with Crippen molar-refractivity contribution in [2.45, 2.75) is 11.4 Å². The SMILES string of the molecule is O=S(=O)(c1cc(Cl)cc(Cl)c1O)N1CCN(Cc2ccc3c(c2)OCO3)CC1. The molecule has 7 nitrogen and oxygen atoms in total. The van der Waals surface area contributed by atoms with Gasteiger partial charge >= 0.3 is 0 Å². The number of nitrogens with zero attached hydrogens (tertiary/aromatic N) is 2. The van der Waals surface area contributed by atoms with Crippen molar-refractivity contribution < 1.29 is 23.0 Å². The van der Waals surface area contributed by atoms with Gasteiger partial charge in [-0.05, 0) is 29.8 Å². The van der Waals surface area contributed by atoms with Crippen LogP contribution in [0, 0.1) is 0 Å². The quantitative estimate of drug-likeness (QED) is 0.780. The van der Waals surface area contributed by atoms with Gasteiger partial charge in [-0.2, -0.15) is 4.31 Å². The predicted octanol–water partition coefficient (Wildman–Crippen LogP) is 2.93. The number of hydrogen-bond donors (Lipinski definition) is 1. The van der Waals surface area contributed by atoms with Crippen LogP contribution < -0.4 is 9.47 Å². The summed E-state index contributed by atoms with van der Waals surface area (Å²) < 4.78 is 37.9. The zero-order valence-electron chi connectivity index (χ0n) is 14.8. The fourth-order valence-corrected chi connectivity index (χ4v) is 5.47. The second-order valence-corrected chi connectivity index (χ2v) is 9.35. The first-order valence-corrected chi connectivity index (χ1v) is 10.8. The zero-order valence-corrected chi connectivity index (χ0v) is 17.1. The van der Waals surface area contributed by atoms with E-state index in [1.165, 1.54) is 16.4 Å². The highest BCUT2D eigenvalue weighted by Gasteiger charge is 2.31. The number of sulfonamides is 1. The van der Waals surface area contributed by atoms with Crippen LogP contribution in [0.2, 0.25) is 10.0 Å². The molecule has 1 saturated heterocycles. The molecule has 0 amide bonds. The van der Waals surface area contributed by atoms with Crippen LogP contribution >= 0.6 is 23.2 Å². The summed E-state index contributed by atoms with van der Waals surface area (Å²) in [5, 5.41) is 10.1. The molecule has 2 aliphatic heterocycles. The van der Waals surface area contributed by atoms with E-state index < -0.39 is 15.8 Å². The van der Waals surface area contributed by atoms with E-state index in [2.05, 4.69) is 4.90 Å². The van der Waals surface area contributed by atoms with Crippen LogP contribution in [0.5, 0.6) is 17.2 Å². The van der Waals surface area contributed by atoms with Crippen LogP contribution in [0.15, 0.2) is 35.2 Å². The van der Waals surface area contributed by atoms with E-state index in [1.54, 1.807) is 0 Å². The summed E-state index contributed by atoms with van der Waals surface area (Å²) in [5.74, 6) is 0.987. The third-order valence-corrected chi connectivity index (χ3v) is 7.20. The highest BCUT2D eigenvalue weighted by atomic mass is 35.5. The average Bonchev–Trinajstić information content (AvgIpc) is 3.13. The van der Waals surface area contributed by atoms with Crippen LogP contribution in [0.3, 0.4) is 0 Å². The van der Waals surface area contributed by atoms with Crippen LogP contribution in [-0.2, 0) is 16.6 Å². The fourth-order valence-electron chi connectivity index (χ4n) is 3.30. The monoisotopic (exact) mass is 444 g/mol. The lowest BCUT2D eigenvalue weighted by Gasteiger charge is -2.34. The lowest BCUT2D eigenvalue weighted by molar-refractivity contribution is 0.173. The topological polar surface area (TPSA) is 79.3 Å². The second kappa shape index (κ2) is 7.61. The maximum absolute atomic E-state index is 12.9. The van der Waals surface area contributed by atoms with Gasteiger partial charge in [-0.25, -0.2) is 8.42 Å². The highest BCUT2D eigenvalue weighted by Crippen LogP contribution is 2.36. The minimum atomic E-state index is -3.89. The molecule has 4 rings (SSSR count). The Bertz CT molecular complexity index is 1010. The Morgan fingerprint density at radius 3 is 2.46 bits per heavy atom. The Hall–Kier alpha value is -1.71. The summed E-state index contributed by atoms with van der Waals surface area (Å²) in [5.41, 5.74) is 1.07. The molecule has 1 N–H and O–H groups in total. The number of hydrogen-bond acceptors (Lipinski definition) is 6. The van der Waals surface area contributed by atoms with Gasteiger partial charge in [0.15, 0.2) is 17.2 Å². The largest absolute Gasteiger partial charge is 0.505 e. The van der Waals surface area contributed by atoms with E-state index in [4.69, 9.17) is 32.7 Å². The number of phenols is 1. The zero-order chi connectivity index (χ0) is 19.9. The first kappa shape index (κ1) is 19.6. The van der Waals surface area contributed by atoms with E-state index >= 15 is 0 Å². The van der Waals surface area contributed by atoms with E-state index in [1.807, 2.05) is 18.2 Å². The molecular weight excluding hydrogens is 427 g/mol. The summed E-state index contributed by atoms with van der Waals surface area (Å²) in [6, 6.07) is 8.32. The third-order valence-electron chi connectivity index (χ3n) is 4.79. The molecule has 0 aliphatic carbocycles. The summed E-state index contributed by atoms with van der Waals surface area (Å²) in [4.78, 5) is 1.89. The Morgan fingerprint density at radius 1 is 1.00 bits per heavy atom. The van der Waals surface area contributed by atoms with Crippen molar-refractivity contribution in [1.29, 1.82) is 0 Å². The number of phenolic OH excluding ortho intramolecular Hbond substituents is 1. The lowest BCUT2D eigenvalue weighted by atomic mass is 10.2. The molecule has 2 heterocycles. The van der Waals surface area contributed by atoms with Gasteiger partial charge in [0, 0.05) is 37.7 Å². The van der Waals surface area contributed by atoms with Crippen molar-refractivity contribution in [3.05, 3.63) is 45.9 Å². The smallest absolute Gasteiger partial charge is 0.246 e. The van der Waals surface area contributed by atoms with Gasteiger partial charge in [-0.3, -0.25) is 4.90 Å². The van der Waals surface area contributed by atoms with Crippen molar-refractivity contribution in [3.63, 3.8) is 0 Å². The van der Waals surface area contributed by atoms with Crippen LogP contribution in [0.25, 0.3) is 0 Å². The van der Waals surface area contributed by atoms with Crippen molar-refractivity contribution >= 4 is 33.2 Å². The van der Waals surface area contributed by atoms with Crippen molar-refractivity contribution in [3.8, 4) is 17.2 Å². The number of fused-ring (bicyclic) bond motifs is 1. The molecule has 2 aromatic carbocycles. The van der Waals surface area contributed by atoms with Gasteiger partial charge in [0.2, 0.25) is 16.8 Å². The summed E-state index contributed by atoms with van der Waals surface area (Å²) in [6.07, 6.45) is 0. The molecule has 150 valence electrons. The molecule has 10 heteroatoms. The summed E-state index contributed by atoms with van der Waals surface area (Å²) in [7, 11) is -3.89. The third kappa shape index (κ3) is 3.75. The van der Waals surface area contributed by atoms with Crippen molar-refractivity contribution in [2.75, 3.05) is 33.0 Å². The van der Waals surface area contributed by atoms with Gasteiger partial charge < -0.3 is 14.6 Å².